The molecule has 0 unspecified atom stereocenters. The monoisotopic (exact) mass is 624 g/mol. The van der Waals surface area contributed by atoms with E-state index in [1.165, 1.54) is 6.08 Å². The molecule has 0 saturated heterocycles. The minimum atomic E-state index is -1.10. The van der Waals surface area contributed by atoms with Gasteiger partial charge in [-0.2, -0.15) is 0 Å². The summed E-state index contributed by atoms with van der Waals surface area (Å²) in [5.41, 5.74) is 2.02. The number of aliphatic hydroxyl groups is 2. The van der Waals surface area contributed by atoms with E-state index in [4.69, 9.17) is 21.4 Å². The third-order valence-corrected chi connectivity index (χ3v) is 6.82. The fourth-order valence-corrected chi connectivity index (χ4v) is 4.58. The Labute approximate surface area is 229 Å². The normalized spacial score (nSPS) is 19.2. The molecule has 3 rings (SSSR count). The summed E-state index contributed by atoms with van der Waals surface area (Å²) in [6, 6.07) is 13.8. The molecule has 192 valence electrons. The predicted molar refractivity (Wildman–Crippen MR) is 148 cm³/mol. The Balaban J connectivity index is 2.00. The number of hydrogen-bond donors (Lipinski definition) is 3. The number of allylic oxidation sites excluding steroid dienone is 1. The summed E-state index contributed by atoms with van der Waals surface area (Å²) in [5.74, 6) is -0.0912. The predicted octanol–water partition coefficient (Wildman–Crippen LogP) is 3.86. The molecule has 0 aliphatic heterocycles. The zero-order chi connectivity index (χ0) is 26.2. The van der Waals surface area contributed by atoms with Crippen molar-refractivity contribution in [3.8, 4) is 5.75 Å². The van der Waals surface area contributed by atoms with Crippen molar-refractivity contribution in [3.63, 3.8) is 0 Å². The van der Waals surface area contributed by atoms with Crippen molar-refractivity contribution in [3.05, 3.63) is 86.0 Å². The van der Waals surface area contributed by atoms with E-state index >= 15 is 0 Å². The Morgan fingerprint density at radius 2 is 1.89 bits per heavy atom. The summed E-state index contributed by atoms with van der Waals surface area (Å²) >= 11 is 8.18. The number of aliphatic hydroxyl groups excluding tert-OH is 2. The lowest BCUT2D eigenvalue weighted by Gasteiger charge is -2.40. The van der Waals surface area contributed by atoms with Gasteiger partial charge in [-0.3, -0.25) is 9.59 Å². The van der Waals surface area contributed by atoms with Crippen LogP contribution in [0.4, 0.5) is 0 Å². The maximum atomic E-state index is 13.4. The van der Waals surface area contributed by atoms with Crippen molar-refractivity contribution < 1.29 is 24.5 Å². The second-order valence-electron chi connectivity index (χ2n) is 8.76. The van der Waals surface area contributed by atoms with Crippen molar-refractivity contribution in [2.75, 3.05) is 13.2 Å². The molecular weight excluding hydrogens is 595 g/mol. The number of benzene rings is 2. The van der Waals surface area contributed by atoms with Crippen molar-refractivity contribution in [1.29, 1.82) is 0 Å². The first-order valence-electron chi connectivity index (χ1n) is 11.6. The first-order valence-corrected chi connectivity index (χ1v) is 13.0. The molecule has 0 bridgehead atoms. The lowest BCUT2D eigenvalue weighted by molar-refractivity contribution is -0.134. The van der Waals surface area contributed by atoms with Crippen LogP contribution in [0.5, 0.6) is 5.75 Å². The molecular formula is C27H30ClIN2O5. The molecule has 0 spiro atoms. The zero-order valence-electron chi connectivity index (χ0n) is 20.2. The van der Waals surface area contributed by atoms with Crippen molar-refractivity contribution in [2.45, 2.75) is 45.1 Å². The molecule has 1 aliphatic rings. The number of nitrogens with one attached hydrogen (secondary N) is 1. The average molecular weight is 625 g/mol. The highest BCUT2D eigenvalue weighted by molar-refractivity contribution is 14.1. The van der Waals surface area contributed by atoms with Crippen LogP contribution in [0.3, 0.4) is 0 Å². The van der Waals surface area contributed by atoms with Gasteiger partial charge in [0.2, 0.25) is 11.8 Å². The first-order chi connectivity index (χ1) is 17.2. The van der Waals surface area contributed by atoms with Crippen LogP contribution in [-0.2, 0) is 16.1 Å². The number of halogens is 2. The maximum absolute atomic E-state index is 13.4. The van der Waals surface area contributed by atoms with E-state index in [1.807, 2.05) is 44.2 Å². The summed E-state index contributed by atoms with van der Waals surface area (Å²) in [7, 11) is 0. The largest absolute Gasteiger partial charge is 0.482 e. The quantitative estimate of drug-likeness (QED) is 0.291. The van der Waals surface area contributed by atoms with Crippen molar-refractivity contribution in [2.24, 2.45) is 0 Å². The van der Waals surface area contributed by atoms with Gasteiger partial charge < -0.3 is 25.2 Å². The molecule has 0 aromatic heterocycles. The van der Waals surface area contributed by atoms with Crippen LogP contribution in [0, 0.1) is 3.57 Å². The SMILES string of the molecule is CC(C)=CC(=O)N(Cc1ccc(Cl)cc1)[C@@H]1CC(C(=O)NCCO)=C[C@H](Oc2ccccc2I)[C@H]1O. The molecule has 7 nitrogen and oxygen atoms in total. The number of amides is 2. The lowest BCUT2D eigenvalue weighted by atomic mass is 9.87. The number of ether oxygens (including phenoxy) is 1. The highest BCUT2D eigenvalue weighted by atomic mass is 127. The third kappa shape index (κ3) is 7.55. The molecule has 2 amide bonds. The van der Waals surface area contributed by atoms with Gasteiger partial charge in [-0.05, 0) is 72.3 Å². The average Bonchev–Trinajstić information content (AvgIpc) is 2.84. The van der Waals surface area contributed by atoms with E-state index in [0.29, 0.717) is 16.3 Å². The number of rotatable bonds is 9. The molecule has 0 radical (unpaired) electrons. The molecule has 36 heavy (non-hydrogen) atoms. The van der Waals surface area contributed by atoms with E-state index in [2.05, 4.69) is 27.9 Å². The summed E-state index contributed by atoms with van der Waals surface area (Å²) in [6.07, 6.45) is 1.27. The van der Waals surface area contributed by atoms with Crippen LogP contribution < -0.4 is 10.1 Å². The number of para-hydroxylation sites is 1. The van der Waals surface area contributed by atoms with Crippen LogP contribution in [0.15, 0.2) is 71.8 Å². The van der Waals surface area contributed by atoms with Gasteiger partial charge in [0.1, 0.15) is 18.0 Å². The Bertz CT molecular complexity index is 1130. The molecule has 3 atom stereocenters. The highest BCUT2D eigenvalue weighted by Gasteiger charge is 2.40. The van der Waals surface area contributed by atoms with E-state index in [0.717, 1.165) is 14.7 Å². The lowest BCUT2D eigenvalue weighted by Crippen LogP contribution is -2.54. The van der Waals surface area contributed by atoms with Crippen LogP contribution >= 0.6 is 34.2 Å². The zero-order valence-corrected chi connectivity index (χ0v) is 23.1. The van der Waals surface area contributed by atoms with Gasteiger partial charge in [0.05, 0.1) is 16.2 Å². The van der Waals surface area contributed by atoms with Crippen LogP contribution in [-0.4, -0.2) is 58.3 Å². The van der Waals surface area contributed by atoms with Crippen molar-refractivity contribution >= 4 is 46.0 Å². The minimum Gasteiger partial charge on any atom is -0.482 e. The molecule has 0 fully saturated rings. The van der Waals surface area contributed by atoms with E-state index in [-0.39, 0.29) is 37.9 Å². The summed E-state index contributed by atoms with van der Waals surface area (Å²) in [6.45, 7) is 3.76. The molecule has 0 heterocycles. The summed E-state index contributed by atoms with van der Waals surface area (Å²) in [5, 5.41) is 23.8. The Kier molecular flexibility index (Phi) is 10.4. The Morgan fingerprint density at radius 1 is 1.19 bits per heavy atom. The standard InChI is InChI=1S/C27H30ClIN2O5/c1-17(2)13-25(33)31(16-18-7-9-20(28)10-8-18)22-14-19(27(35)30-11-12-32)15-24(26(22)34)36-23-6-4-3-5-21(23)29/h3-10,13,15,22,24,26,32,34H,11-12,14,16H2,1-2H3,(H,30,35)/t22-,24+,26+/m1/s1. The van der Waals surface area contributed by atoms with E-state index in [1.54, 1.807) is 29.2 Å². The second kappa shape index (κ2) is 13.2. The summed E-state index contributed by atoms with van der Waals surface area (Å²) < 4.78 is 7.01. The van der Waals surface area contributed by atoms with Gasteiger partial charge in [0, 0.05) is 36.2 Å². The fourth-order valence-electron chi connectivity index (χ4n) is 3.94. The van der Waals surface area contributed by atoms with Crippen LogP contribution in [0.2, 0.25) is 5.02 Å². The fraction of sp³-hybridized carbons (Fsp3) is 0.333. The third-order valence-electron chi connectivity index (χ3n) is 5.68. The first kappa shape index (κ1) is 28.2. The number of nitrogens with zero attached hydrogens (tertiary/aromatic N) is 1. The maximum Gasteiger partial charge on any atom is 0.247 e. The minimum absolute atomic E-state index is 0.0939. The molecule has 2 aromatic rings. The molecule has 9 heteroatoms. The van der Waals surface area contributed by atoms with Gasteiger partial charge in [-0.15, -0.1) is 0 Å². The van der Waals surface area contributed by atoms with Crippen LogP contribution in [0.1, 0.15) is 25.8 Å². The smallest absolute Gasteiger partial charge is 0.247 e. The number of carbonyl (C=O) groups excluding carboxylic acids is 2. The van der Waals surface area contributed by atoms with Gasteiger partial charge in [-0.1, -0.05) is 41.4 Å². The molecule has 0 saturated carbocycles. The van der Waals surface area contributed by atoms with Crippen LogP contribution in [0.25, 0.3) is 0 Å². The van der Waals surface area contributed by atoms with E-state index < -0.39 is 18.2 Å². The van der Waals surface area contributed by atoms with Crippen molar-refractivity contribution in [1.82, 2.24) is 10.2 Å². The molecule has 2 aromatic carbocycles. The second-order valence-corrected chi connectivity index (χ2v) is 10.4. The molecule has 3 N–H and O–H groups in total. The van der Waals surface area contributed by atoms with Gasteiger partial charge in [-0.25, -0.2) is 0 Å². The van der Waals surface area contributed by atoms with Gasteiger partial charge in [0.15, 0.2) is 0 Å². The summed E-state index contributed by atoms with van der Waals surface area (Å²) in [4.78, 5) is 27.8. The van der Waals surface area contributed by atoms with E-state index in [9.17, 15) is 14.7 Å². The Hall–Kier alpha value is -2.40. The number of carbonyl (C=O) groups is 2. The topological polar surface area (TPSA) is 99.1 Å². The highest BCUT2D eigenvalue weighted by Crippen LogP contribution is 2.30. The number of hydrogen-bond acceptors (Lipinski definition) is 5. The van der Waals surface area contributed by atoms with Gasteiger partial charge >= 0.3 is 0 Å². The Morgan fingerprint density at radius 3 is 2.53 bits per heavy atom. The van der Waals surface area contributed by atoms with Gasteiger partial charge in [0.25, 0.3) is 0 Å². The molecule has 1 aliphatic carbocycles.